The monoisotopic (exact) mass is 442 g/mol. The van der Waals surface area contributed by atoms with Crippen molar-refractivity contribution in [2.45, 2.75) is 19.5 Å². The Labute approximate surface area is 171 Å². The van der Waals surface area contributed by atoms with Crippen LogP contribution < -0.4 is 10.1 Å². The molecule has 0 saturated heterocycles. The van der Waals surface area contributed by atoms with E-state index >= 15 is 0 Å². The quantitative estimate of drug-likeness (QED) is 0.411. The first kappa shape index (κ1) is 21.8. The Hall–Kier alpha value is -2.95. The number of benzene rings is 2. The number of aromatic nitrogens is 2. The van der Waals surface area contributed by atoms with Crippen molar-refractivity contribution in [2.24, 2.45) is 4.36 Å². The lowest BCUT2D eigenvalue weighted by Gasteiger charge is -2.15. The molecule has 1 unspecified atom stereocenters. The molecular weight excluding hydrogens is 424 g/mol. The second-order valence-corrected chi connectivity index (χ2v) is 7.55. The van der Waals surface area contributed by atoms with E-state index in [0.717, 1.165) is 17.7 Å². The van der Waals surface area contributed by atoms with Gasteiger partial charge in [0.05, 0.1) is 29.9 Å². The van der Waals surface area contributed by atoms with Gasteiger partial charge >= 0.3 is 6.18 Å². The molecule has 2 aromatic carbocycles. The summed E-state index contributed by atoms with van der Waals surface area (Å²) in [4.78, 5) is 8.40. The number of hydrogen-bond donors (Lipinski definition) is 2. The fourth-order valence-electron chi connectivity index (χ4n) is 2.81. The topological polar surface area (TPSA) is 76.5 Å². The third kappa shape index (κ3) is 5.56. The second-order valence-electron chi connectivity index (χ2n) is 6.42. The SMILES string of the molecule is Cc1cc(/N=[SH](/C)=O)cc2ncnc(Nc3ccc(F)cc3OCCC(F)(F)F)c12. The molecule has 0 saturated carbocycles. The highest BCUT2D eigenvalue weighted by atomic mass is 32.2. The average molecular weight is 442 g/mol. The van der Waals surface area contributed by atoms with Crippen molar-refractivity contribution >= 4 is 38.7 Å². The van der Waals surface area contributed by atoms with Crippen LogP contribution in [0.3, 0.4) is 0 Å². The van der Waals surface area contributed by atoms with Gasteiger partial charge in [0, 0.05) is 28.3 Å². The number of nitrogens with zero attached hydrogens (tertiary/aromatic N) is 3. The molecule has 1 heterocycles. The van der Waals surface area contributed by atoms with Gasteiger partial charge in [0.2, 0.25) is 0 Å². The van der Waals surface area contributed by atoms with Gasteiger partial charge in [0.1, 0.15) is 23.7 Å². The van der Waals surface area contributed by atoms with Crippen LogP contribution >= 0.6 is 0 Å². The maximum absolute atomic E-state index is 13.6. The summed E-state index contributed by atoms with van der Waals surface area (Å²) in [6.07, 6.45) is -2.76. The third-order valence-corrected chi connectivity index (χ3v) is 4.53. The lowest BCUT2D eigenvalue weighted by molar-refractivity contribution is -0.139. The number of aryl methyl sites for hydroxylation is 1. The highest BCUT2D eigenvalue weighted by Crippen LogP contribution is 2.34. The molecule has 6 nitrogen and oxygen atoms in total. The fourth-order valence-corrected chi connectivity index (χ4v) is 3.25. The molecule has 0 spiro atoms. The smallest absolute Gasteiger partial charge is 0.392 e. The molecule has 160 valence electrons. The van der Waals surface area contributed by atoms with Crippen molar-refractivity contribution in [3.63, 3.8) is 0 Å². The van der Waals surface area contributed by atoms with Gasteiger partial charge in [-0.15, -0.1) is 0 Å². The molecule has 0 fully saturated rings. The lowest BCUT2D eigenvalue weighted by atomic mass is 10.1. The van der Waals surface area contributed by atoms with E-state index < -0.39 is 35.6 Å². The molecule has 30 heavy (non-hydrogen) atoms. The summed E-state index contributed by atoms with van der Waals surface area (Å²) in [6, 6.07) is 6.89. The first-order valence-electron chi connectivity index (χ1n) is 8.76. The molecule has 3 rings (SSSR count). The minimum atomic E-state index is -4.38. The number of nitrogens with one attached hydrogen (secondary N) is 1. The predicted molar refractivity (Wildman–Crippen MR) is 108 cm³/mol. The number of hydrogen-bond acceptors (Lipinski definition) is 6. The normalized spacial score (nSPS) is 12.9. The van der Waals surface area contributed by atoms with Crippen LogP contribution in [0.2, 0.25) is 0 Å². The first-order chi connectivity index (χ1) is 14.1. The van der Waals surface area contributed by atoms with Crippen molar-refractivity contribution in [1.29, 1.82) is 0 Å². The Morgan fingerprint density at radius 1 is 1.20 bits per heavy atom. The number of alkyl halides is 3. The average Bonchev–Trinajstić information content (AvgIpc) is 2.62. The zero-order valence-corrected chi connectivity index (χ0v) is 16.9. The summed E-state index contributed by atoms with van der Waals surface area (Å²) in [5, 5.41) is 3.61. The minimum Gasteiger partial charge on any atom is -0.491 e. The van der Waals surface area contributed by atoms with Crippen molar-refractivity contribution in [3.8, 4) is 5.75 Å². The molecule has 1 aromatic heterocycles. The predicted octanol–water partition coefficient (Wildman–Crippen LogP) is 5.08. The molecule has 0 aliphatic heterocycles. The summed E-state index contributed by atoms with van der Waals surface area (Å²) in [5.41, 5.74) is 2.03. The highest BCUT2D eigenvalue weighted by Gasteiger charge is 2.27. The highest BCUT2D eigenvalue weighted by molar-refractivity contribution is 7.74. The van der Waals surface area contributed by atoms with Gasteiger partial charge in [-0.1, -0.05) is 0 Å². The van der Waals surface area contributed by atoms with Crippen LogP contribution in [0.4, 0.5) is 34.8 Å². The first-order valence-corrected chi connectivity index (χ1v) is 10.4. The Morgan fingerprint density at radius 3 is 2.67 bits per heavy atom. The van der Waals surface area contributed by atoms with Crippen molar-refractivity contribution in [2.75, 3.05) is 18.2 Å². The number of halogens is 4. The molecule has 11 heteroatoms. The van der Waals surface area contributed by atoms with Crippen molar-refractivity contribution in [1.82, 2.24) is 9.97 Å². The maximum Gasteiger partial charge on any atom is 0.392 e. The van der Waals surface area contributed by atoms with Gasteiger partial charge in [0.25, 0.3) is 0 Å². The van der Waals surface area contributed by atoms with E-state index in [9.17, 15) is 21.8 Å². The van der Waals surface area contributed by atoms with Crippen LogP contribution in [-0.4, -0.2) is 33.2 Å². The summed E-state index contributed by atoms with van der Waals surface area (Å²) in [5.74, 6) is -0.360. The van der Waals surface area contributed by atoms with E-state index in [1.165, 1.54) is 18.6 Å². The number of anilines is 2. The Balaban J connectivity index is 1.96. The van der Waals surface area contributed by atoms with E-state index in [-0.39, 0.29) is 11.4 Å². The van der Waals surface area contributed by atoms with E-state index in [4.69, 9.17) is 4.74 Å². The van der Waals surface area contributed by atoms with Crippen LogP contribution in [0.25, 0.3) is 10.9 Å². The second kappa shape index (κ2) is 8.82. The number of fused-ring (bicyclic) bond motifs is 1. The number of rotatable bonds is 6. The Morgan fingerprint density at radius 2 is 1.97 bits per heavy atom. The zero-order chi connectivity index (χ0) is 21.9. The molecular formula is C19H18F4N4O2S. The molecule has 1 N–H and O–H groups in total. The molecule has 3 aromatic rings. The molecule has 0 radical (unpaired) electrons. The Bertz CT molecular complexity index is 1160. The van der Waals surface area contributed by atoms with Crippen LogP contribution in [0.1, 0.15) is 12.0 Å². The standard InChI is InChI=1S/C19H18F4N4O2S/c1-11-7-13(27-30(2)28)9-15-17(11)18(25-10-24-15)26-14-4-3-12(20)8-16(14)29-6-5-19(21,22)23/h3-4,7-10,30H,5-6H2,1-2H3,(H,24,25,26). The fraction of sp³-hybridized carbons (Fsp3) is 0.263. The molecule has 0 aliphatic rings. The zero-order valence-electron chi connectivity index (χ0n) is 16.0. The van der Waals surface area contributed by atoms with E-state index in [2.05, 4.69) is 19.6 Å². The van der Waals surface area contributed by atoms with Gasteiger partial charge < -0.3 is 10.1 Å². The number of thiol groups is 1. The maximum atomic E-state index is 13.6. The third-order valence-electron chi connectivity index (χ3n) is 4.02. The summed E-state index contributed by atoms with van der Waals surface area (Å²) >= 11 is 0. The van der Waals surface area contributed by atoms with Crippen LogP contribution in [0.15, 0.2) is 41.0 Å². The lowest BCUT2D eigenvalue weighted by Crippen LogP contribution is -2.13. The van der Waals surface area contributed by atoms with Gasteiger partial charge in [-0.3, -0.25) is 4.21 Å². The van der Waals surface area contributed by atoms with Crippen molar-refractivity contribution in [3.05, 3.63) is 48.0 Å². The van der Waals surface area contributed by atoms with Crippen LogP contribution in [0.5, 0.6) is 5.75 Å². The number of ether oxygens (including phenoxy) is 1. The van der Waals surface area contributed by atoms with Gasteiger partial charge in [0.15, 0.2) is 0 Å². The van der Waals surface area contributed by atoms with Crippen LogP contribution in [0, 0.1) is 12.7 Å². The Kier molecular flexibility index (Phi) is 6.40. The van der Waals surface area contributed by atoms with Crippen LogP contribution in [-0.2, 0) is 10.6 Å². The van der Waals surface area contributed by atoms with Crippen molar-refractivity contribution < 1.29 is 26.5 Å². The molecule has 0 amide bonds. The van der Waals surface area contributed by atoms with E-state index in [1.54, 1.807) is 19.1 Å². The summed E-state index contributed by atoms with van der Waals surface area (Å²) in [6.45, 7) is 1.15. The molecule has 0 aliphatic carbocycles. The largest absolute Gasteiger partial charge is 0.491 e. The van der Waals surface area contributed by atoms with E-state index in [1.807, 2.05) is 0 Å². The molecule has 0 bridgehead atoms. The van der Waals surface area contributed by atoms with E-state index in [0.29, 0.717) is 22.4 Å². The summed E-state index contributed by atoms with van der Waals surface area (Å²) in [7, 11) is -1.73. The van der Waals surface area contributed by atoms with Gasteiger partial charge in [-0.25, -0.2) is 18.7 Å². The summed E-state index contributed by atoms with van der Waals surface area (Å²) < 4.78 is 71.4. The van der Waals surface area contributed by atoms with Gasteiger partial charge in [-0.2, -0.15) is 13.2 Å². The minimum absolute atomic E-state index is 0.0711. The van der Waals surface area contributed by atoms with Gasteiger partial charge in [-0.05, 0) is 36.8 Å². The molecule has 1 atom stereocenters.